The third-order valence-electron chi connectivity index (χ3n) is 4.92. The highest BCUT2D eigenvalue weighted by Crippen LogP contribution is 2.26. The molecule has 1 amide bonds. The van der Waals surface area contributed by atoms with Crippen molar-refractivity contribution in [2.75, 3.05) is 18.6 Å². The fourth-order valence-corrected chi connectivity index (χ4v) is 3.44. The number of ether oxygens (including phenoxy) is 2. The number of rotatable bonds is 5. The van der Waals surface area contributed by atoms with Crippen LogP contribution in [0.2, 0.25) is 0 Å². The Morgan fingerprint density at radius 3 is 2.36 bits per heavy atom. The number of methoxy groups -OCH3 is 1. The second-order valence-electron chi connectivity index (χ2n) is 6.84. The van der Waals surface area contributed by atoms with Gasteiger partial charge in [-0.3, -0.25) is 9.59 Å². The number of anilines is 1. The molecule has 0 bridgehead atoms. The second-order valence-corrected chi connectivity index (χ2v) is 6.84. The summed E-state index contributed by atoms with van der Waals surface area (Å²) >= 11 is 0. The van der Waals surface area contributed by atoms with Crippen molar-refractivity contribution in [3.63, 3.8) is 0 Å². The summed E-state index contributed by atoms with van der Waals surface area (Å²) in [6.45, 7) is 0.757. The monoisotopic (exact) mass is 375 g/mol. The van der Waals surface area contributed by atoms with Gasteiger partial charge in [0, 0.05) is 18.7 Å². The van der Waals surface area contributed by atoms with Crippen molar-refractivity contribution in [1.29, 1.82) is 0 Å². The lowest BCUT2D eigenvalue weighted by Crippen LogP contribution is -2.23. The molecule has 0 unspecified atom stereocenters. The molecular formula is C23H21NO4. The van der Waals surface area contributed by atoms with E-state index in [2.05, 4.69) is 0 Å². The van der Waals surface area contributed by atoms with Gasteiger partial charge in [0.25, 0.3) is 0 Å². The van der Waals surface area contributed by atoms with Gasteiger partial charge >= 0.3 is 5.97 Å². The van der Waals surface area contributed by atoms with Crippen LogP contribution in [-0.4, -0.2) is 25.5 Å². The largest absolute Gasteiger partial charge is 0.497 e. The molecule has 28 heavy (non-hydrogen) atoms. The van der Waals surface area contributed by atoms with Crippen molar-refractivity contribution in [2.24, 2.45) is 0 Å². The van der Waals surface area contributed by atoms with E-state index in [-0.39, 0.29) is 18.3 Å². The molecule has 1 aliphatic heterocycles. The third kappa shape index (κ3) is 3.83. The zero-order valence-electron chi connectivity index (χ0n) is 15.7. The van der Waals surface area contributed by atoms with Gasteiger partial charge in [0.15, 0.2) is 0 Å². The van der Waals surface area contributed by atoms with Gasteiger partial charge in [0.1, 0.15) is 11.5 Å². The molecule has 0 N–H and O–H groups in total. The summed E-state index contributed by atoms with van der Waals surface area (Å²) in [6, 6.07) is 18.8. The molecule has 0 saturated carbocycles. The number of amides is 1. The van der Waals surface area contributed by atoms with Gasteiger partial charge in [-0.1, -0.05) is 24.3 Å². The number of nitrogens with zero attached hydrogens (tertiary/aromatic N) is 1. The number of esters is 1. The molecule has 0 aliphatic carbocycles. The van der Waals surface area contributed by atoms with Crippen LogP contribution in [-0.2, 0) is 16.0 Å². The van der Waals surface area contributed by atoms with Gasteiger partial charge in [-0.25, -0.2) is 0 Å². The first-order chi connectivity index (χ1) is 13.6. The highest BCUT2D eigenvalue weighted by molar-refractivity contribution is 5.95. The highest BCUT2D eigenvalue weighted by atomic mass is 16.5. The molecule has 0 aromatic heterocycles. The first-order valence-electron chi connectivity index (χ1n) is 9.30. The van der Waals surface area contributed by atoms with E-state index in [1.807, 2.05) is 54.6 Å². The molecule has 1 fully saturated rings. The van der Waals surface area contributed by atoms with Gasteiger partial charge < -0.3 is 14.4 Å². The van der Waals surface area contributed by atoms with Crippen molar-refractivity contribution in [2.45, 2.75) is 19.3 Å². The molecule has 0 spiro atoms. The molecule has 3 aromatic rings. The van der Waals surface area contributed by atoms with Crippen LogP contribution in [0.1, 0.15) is 18.4 Å². The molecular weight excluding hydrogens is 354 g/mol. The Labute approximate surface area is 163 Å². The molecule has 1 aliphatic rings. The van der Waals surface area contributed by atoms with E-state index >= 15 is 0 Å². The fraction of sp³-hybridized carbons (Fsp3) is 0.217. The van der Waals surface area contributed by atoms with E-state index < -0.39 is 0 Å². The Morgan fingerprint density at radius 1 is 0.964 bits per heavy atom. The van der Waals surface area contributed by atoms with Gasteiger partial charge in [0.2, 0.25) is 5.91 Å². The van der Waals surface area contributed by atoms with Crippen molar-refractivity contribution in [1.82, 2.24) is 0 Å². The molecule has 0 atom stereocenters. The maximum atomic E-state index is 12.3. The standard InChI is InChI=1S/C23H21NO4/c1-27-20-10-6-17-7-11-21(15-18(17)14-20)28-23(26)13-16-4-8-19(9-5-16)24-12-2-3-22(24)25/h4-11,14-15H,2-3,12-13H2,1H3. The summed E-state index contributed by atoms with van der Waals surface area (Å²) in [5.41, 5.74) is 1.73. The highest BCUT2D eigenvalue weighted by Gasteiger charge is 2.21. The van der Waals surface area contributed by atoms with Gasteiger partial charge in [0.05, 0.1) is 13.5 Å². The number of carbonyl (C=O) groups excluding carboxylic acids is 2. The number of benzene rings is 3. The third-order valence-corrected chi connectivity index (χ3v) is 4.92. The predicted octanol–water partition coefficient (Wildman–Crippen LogP) is 4.12. The molecule has 5 heteroatoms. The van der Waals surface area contributed by atoms with Crippen LogP contribution >= 0.6 is 0 Å². The SMILES string of the molecule is COc1ccc2ccc(OC(=O)Cc3ccc(N4CCCC4=O)cc3)cc2c1. The summed E-state index contributed by atoms with van der Waals surface area (Å²) in [4.78, 5) is 25.9. The lowest BCUT2D eigenvalue weighted by Gasteiger charge is -2.15. The van der Waals surface area contributed by atoms with Crippen molar-refractivity contribution in [3.05, 3.63) is 66.2 Å². The Kier molecular flexibility index (Phi) is 4.98. The van der Waals surface area contributed by atoms with Crippen LogP contribution in [0.5, 0.6) is 11.5 Å². The summed E-state index contributed by atoms with van der Waals surface area (Å²) in [7, 11) is 1.62. The topological polar surface area (TPSA) is 55.8 Å². The van der Waals surface area contributed by atoms with Crippen LogP contribution in [0.25, 0.3) is 10.8 Å². The Bertz CT molecular complexity index is 1030. The summed E-state index contributed by atoms with van der Waals surface area (Å²) < 4.78 is 10.7. The van der Waals surface area contributed by atoms with Crippen molar-refractivity contribution in [3.8, 4) is 11.5 Å². The Hall–Kier alpha value is -3.34. The molecule has 0 radical (unpaired) electrons. The maximum absolute atomic E-state index is 12.3. The van der Waals surface area contributed by atoms with E-state index in [0.717, 1.165) is 40.7 Å². The molecule has 3 aromatic carbocycles. The van der Waals surface area contributed by atoms with Crippen molar-refractivity contribution < 1.29 is 19.1 Å². The molecule has 4 rings (SSSR count). The van der Waals surface area contributed by atoms with E-state index in [1.54, 1.807) is 18.1 Å². The quantitative estimate of drug-likeness (QED) is 0.497. The van der Waals surface area contributed by atoms with Gasteiger partial charge in [-0.2, -0.15) is 0 Å². The smallest absolute Gasteiger partial charge is 0.315 e. The molecule has 5 nitrogen and oxygen atoms in total. The fourth-order valence-electron chi connectivity index (χ4n) is 3.44. The Balaban J connectivity index is 1.42. The van der Waals surface area contributed by atoms with Crippen LogP contribution < -0.4 is 14.4 Å². The molecule has 1 saturated heterocycles. The van der Waals surface area contributed by atoms with E-state index in [0.29, 0.717) is 12.2 Å². The normalized spacial score (nSPS) is 13.8. The number of carbonyl (C=O) groups is 2. The average molecular weight is 375 g/mol. The predicted molar refractivity (Wildman–Crippen MR) is 108 cm³/mol. The molecule has 142 valence electrons. The van der Waals surface area contributed by atoms with Crippen LogP contribution in [0.3, 0.4) is 0 Å². The number of hydrogen-bond acceptors (Lipinski definition) is 4. The Morgan fingerprint density at radius 2 is 1.68 bits per heavy atom. The lowest BCUT2D eigenvalue weighted by atomic mass is 10.1. The minimum absolute atomic E-state index is 0.153. The van der Waals surface area contributed by atoms with Gasteiger partial charge in [-0.05, 0) is 59.2 Å². The van der Waals surface area contributed by atoms with Crippen molar-refractivity contribution >= 4 is 28.3 Å². The minimum Gasteiger partial charge on any atom is -0.497 e. The number of hydrogen-bond donors (Lipinski definition) is 0. The van der Waals surface area contributed by atoms with E-state index in [1.165, 1.54) is 0 Å². The minimum atomic E-state index is -0.327. The molecule has 1 heterocycles. The van der Waals surface area contributed by atoms with Crippen LogP contribution in [0.4, 0.5) is 5.69 Å². The lowest BCUT2D eigenvalue weighted by molar-refractivity contribution is -0.133. The second kappa shape index (κ2) is 7.72. The average Bonchev–Trinajstić information content (AvgIpc) is 3.14. The first kappa shape index (κ1) is 18.0. The van der Waals surface area contributed by atoms with Crippen LogP contribution in [0, 0.1) is 0 Å². The first-order valence-corrected chi connectivity index (χ1v) is 9.30. The summed E-state index contributed by atoms with van der Waals surface area (Å²) in [5.74, 6) is 1.09. The maximum Gasteiger partial charge on any atom is 0.315 e. The number of fused-ring (bicyclic) bond motifs is 1. The van der Waals surface area contributed by atoms with Crippen LogP contribution in [0.15, 0.2) is 60.7 Å². The summed E-state index contributed by atoms with van der Waals surface area (Å²) in [6.07, 6.45) is 1.67. The van der Waals surface area contributed by atoms with E-state index in [9.17, 15) is 9.59 Å². The zero-order chi connectivity index (χ0) is 19.5. The zero-order valence-corrected chi connectivity index (χ0v) is 15.7. The van der Waals surface area contributed by atoms with Gasteiger partial charge in [-0.15, -0.1) is 0 Å². The van der Waals surface area contributed by atoms with E-state index in [4.69, 9.17) is 9.47 Å². The summed E-state index contributed by atoms with van der Waals surface area (Å²) in [5, 5.41) is 2.00.